The van der Waals surface area contributed by atoms with Crippen molar-refractivity contribution in [2.24, 2.45) is 17.3 Å². The third-order valence-corrected chi connectivity index (χ3v) is 6.72. The number of rotatable bonds is 2. The number of esters is 2. The van der Waals surface area contributed by atoms with Gasteiger partial charge in [0.15, 0.2) is 0 Å². The molecule has 2 aliphatic heterocycles. The molecule has 0 bridgehead atoms. The van der Waals surface area contributed by atoms with Gasteiger partial charge in [0.2, 0.25) is 0 Å². The minimum atomic E-state index is -1.03. The topological polar surface area (TPSA) is 106 Å². The summed E-state index contributed by atoms with van der Waals surface area (Å²) in [6.07, 6.45) is -3.75. The molecule has 4 fully saturated rings. The van der Waals surface area contributed by atoms with Gasteiger partial charge in [-0.2, -0.15) is 0 Å². The Balaban J connectivity index is 1.77. The molecule has 0 aromatic rings. The third kappa shape index (κ3) is 2.05. The summed E-state index contributed by atoms with van der Waals surface area (Å²) in [5.41, 5.74) is -1.07. The summed E-state index contributed by atoms with van der Waals surface area (Å²) in [7, 11) is 0. The van der Waals surface area contributed by atoms with Crippen LogP contribution in [0.3, 0.4) is 0 Å². The summed E-state index contributed by atoms with van der Waals surface area (Å²) < 4.78 is 17.0. The second-order valence-electron chi connectivity index (χ2n) is 8.50. The molecule has 0 radical (unpaired) electrons. The fraction of sp³-hybridized carbons (Fsp3) is 0.684. The van der Waals surface area contributed by atoms with Crippen LogP contribution in [0.25, 0.3) is 0 Å². The Morgan fingerprint density at radius 1 is 1.35 bits per heavy atom. The van der Waals surface area contributed by atoms with Crippen molar-refractivity contribution in [3.05, 3.63) is 24.3 Å². The molecular formula is C19H24O7. The van der Waals surface area contributed by atoms with Crippen LogP contribution in [-0.2, 0) is 23.8 Å². The van der Waals surface area contributed by atoms with Gasteiger partial charge >= 0.3 is 11.9 Å². The molecule has 0 spiro atoms. The normalized spacial score (nSPS) is 51.7. The first-order valence-electron chi connectivity index (χ1n) is 8.82. The van der Waals surface area contributed by atoms with E-state index in [1.54, 1.807) is 0 Å². The lowest BCUT2D eigenvalue weighted by atomic mass is 9.51. The predicted molar refractivity (Wildman–Crippen MR) is 88.7 cm³/mol. The summed E-state index contributed by atoms with van der Waals surface area (Å²) in [6.45, 7) is 12.6. The molecule has 2 heterocycles. The van der Waals surface area contributed by atoms with Crippen LogP contribution >= 0.6 is 0 Å². The molecule has 7 nitrogen and oxygen atoms in total. The molecule has 9 atom stereocenters. The van der Waals surface area contributed by atoms with E-state index in [1.807, 2.05) is 13.8 Å². The summed E-state index contributed by atoms with van der Waals surface area (Å²) >= 11 is 0. The van der Waals surface area contributed by atoms with E-state index in [0.29, 0.717) is 0 Å². The maximum Gasteiger partial charge on any atom is 0.334 e. The first-order valence-corrected chi connectivity index (χ1v) is 8.82. The lowest BCUT2D eigenvalue weighted by Crippen LogP contribution is -2.66. The van der Waals surface area contributed by atoms with Crippen LogP contribution in [0.4, 0.5) is 0 Å². The number of ether oxygens (including phenoxy) is 3. The zero-order chi connectivity index (χ0) is 19.2. The monoisotopic (exact) mass is 364 g/mol. The van der Waals surface area contributed by atoms with Crippen molar-refractivity contribution in [3.8, 4) is 0 Å². The second-order valence-corrected chi connectivity index (χ2v) is 8.50. The first-order chi connectivity index (χ1) is 12.0. The summed E-state index contributed by atoms with van der Waals surface area (Å²) in [4.78, 5) is 24.2. The maximum atomic E-state index is 12.2. The van der Waals surface area contributed by atoms with Gasteiger partial charge in [-0.3, -0.25) is 0 Å². The molecule has 4 aliphatic rings. The number of hydrogen-bond donors (Lipinski definition) is 2. The Morgan fingerprint density at radius 2 is 2.00 bits per heavy atom. The molecule has 2 N–H and O–H groups in total. The summed E-state index contributed by atoms with van der Waals surface area (Å²) in [6, 6.07) is 0. The van der Waals surface area contributed by atoms with Crippen LogP contribution in [-0.4, -0.2) is 58.3 Å². The van der Waals surface area contributed by atoms with Crippen molar-refractivity contribution < 1.29 is 34.0 Å². The van der Waals surface area contributed by atoms with Crippen molar-refractivity contribution in [1.82, 2.24) is 0 Å². The number of aliphatic hydroxyl groups excluding tert-OH is 2. The van der Waals surface area contributed by atoms with E-state index in [9.17, 15) is 19.8 Å². The van der Waals surface area contributed by atoms with Crippen LogP contribution in [0, 0.1) is 17.3 Å². The molecule has 4 rings (SSSR count). The summed E-state index contributed by atoms with van der Waals surface area (Å²) in [5.74, 6) is -1.99. The van der Waals surface area contributed by atoms with Crippen molar-refractivity contribution in [2.75, 3.05) is 0 Å². The fourth-order valence-electron chi connectivity index (χ4n) is 5.56. The standard InChI is InChI=1S/C19H24O7/c1-7(2)16(22)25-14-11(21)15-19(5,26-15)13-12-10(8(3)17(23)24-12)9(20)6-18(13,14)4/h9-15,20-21H,1,3,6H2,2,4-5H3. The molecule has 0 aromatic carbocycles. The molecule has 2 saturated heterocycles. The highest BCUT2D eigenvalue weighted by atomic mass is 16.6. The van der Waals surface area contributed by atoms with E-state index in [2.05, 4.69) is 13.2 Å². The van der Waals surface area contributed by atoms with Gasteiger partial charge in [0.1, 0.15) is 30.0 Å². The van der Waals surface area contributed by atoms with E-state index < -0.39 is 59.4 Å². The second kappa shape index (κ2) is 5.18. The van der Waals surface area contributed by atoms with Crippen LogP contribution in [0.15, 0.2) is 24.3 Å². The van der Waals surface area contributed by atoms with Gasteiger partial charge in [-0.15, -0.1) is 0 Å². The molecule has 0 amide bonds. The minimum absolute atomic E-state index is 0.220. The lowest BCUT2D eigenvalue weighted by Gasteiger charge is -2.55. The van der Waals surface area contributed by atoms with Gasteiger partial charge in [0.25, 0.3) is 0 Å². The number of carbonyl (C=O) groups excluding carboxylic acids is 2. The molecular weight excluding hydrogens is 340 g/mol. The number of aliphatic hydroxyl groups is 2. The number of carbonyl (C=O) groups is 2. The quantitative estimate of drug-likeness (QED) is 0.417. The number of fused-ring (bicyclic) bond motifs is 5. The first kappa shape index (κ1) is 17.7. The van der Waals surface area contributed by atoms with Crippen molar-refractivity contribution in [2.45, 2.75) is 63.3 Å². The molecule has 142 valence electrons. The molecule has 2 saturated carbocycles. The largest absolute Gasteiger partial charge is 0.458 e. The Morgan fingerprint density at radius 3 is 2.62 bits per heavy atom. The Hall–Kier alpha value is -1.70. The van der Waals surface area contributed by atoms with Gasteiger partial charge in [-0.05, 0) is 20.3 Å². The van der Waals surface area contributed by atoms with E-state index in [-0.39, 0.29) is 23.5 Å². The van der Waals surface area contributed by atoms with Gasteiger partial charge in [0.05, 0.1) is 12.0 Å². The van der Waals surface area contributed by atoms with Gasteiger partial charge < -0.3 is 24.4 Å². The molecule has 0 aromatic heterocycles. The molecule has 2 aliphatic carbocycles. The third-order valence-electron chi connectivity index (χ3n) is 6.72. The lowest BCUT2D eigenvalue weighted by molar-refractivity contribution is -0.210. The zero-order valence-electron chi connectivity index (χ0n) is 15.1. The van der Waals surface area contributed by atoms with E-state index in [1.165, 1.54) is 6.92 Å². The fourth-order valence-corrected chi connectivity index (χ4v) is 5.56. The van der Waals surface area contributed by atoms with Crippen molar-refractivity contribution in [1.29, 1.82) is 0 Å². The van der Waals surface area contributed by atoms with Gasteiger partial charge in [-0.1, -0.05) is 20.1 Å². The molecule has 9 unspecified atom stereocenters. The predicted octanol–water partition coefficient (Wildman–Crippen LogP) is 0.491. The maximum absolute atomic E-state index is 12.2. The van der Waals surface area contributed by atoms with Crippen molar-refractivity contribution in [3.63, 3.8) is 0 Å². The smallest absolute Gasteiger partial charge is 0.334 e. The summed E-state index contributed by atoms with van der Waals surface area (Å²) in [5, 5.41) is 21.5. The number of hydrogen-bond acceptors (Lipinski definition) is 7. The number of epoxide rings is 1. The minimum Gasteiger partial charge on any atom is -0.458 e. The highest BCUT2D eigenvalue weighted by molar-refractivity contribution is 5.91. The molecule has 26 heavy (non-hydrogen) atoms. The van der Waals surface area contributed by atoms with E-state index in [0.717, 1.165) is 0 Å². The van der Waals surface area contributed by atoms with Crippen LogP contribution in [0.1, 0.15) is 27.2 Å². The zero-order valence-corrected chi connectivity index (χ0v) is 15.1. The van der Waals surface area contributed by atoms with E-state index >= 15 is 0 Å². The Labute approximate surface area is 151 Å². The average Bonchev–Trinajstić information content (AvgIpc) is 3.13. The Kier molecular flexibility index (Phi) is 3.53. The highest BCUT2D eigenvalue weighted by Gasteiger charge is 2.78. The molecule has 7 heteroatoms. The highest BCUT2D eigenvalue weighted by Crippen LogP contribution is 2.66. The SMILES string of the molecule is C=C(C)C(=O)OC1C(O)C2OC2(C)C2C3OC(=O)C(=C)C3C(O)CC12C. The Bertz CT molecular complexity index is 729. The van der Waals surface area contributed by atoms with Gasteiger partial charge in [-0.25, -0.2) is 9.59 Å². The van der Waals surface area contributed by atoms with E-state index in [4.69, 9.17) is 14.2 Å². The van der Waals surface area contributed by atoms with Crippen LogP contribution in [0.5, 0.6) is 0 Å². The van der Waals surface area contributed by atoms with Crippen molar-refractivity contribution >= 4 is 11.9 Å². The van der Waals surface area contributed by atoms with Crippen LogP contribution in [0.2, 0.25) is 0 Å². The van der Waals surface area contributed by atoms with Crippen LogP contribution < -0.4 is 0 Å². The average molecular weight is 364 g/mol. The van der Waals surface area contributed by atoms with Gasteiger partial charge in [0, 0.05) is 22.5 Å².